The number of piperidine rings is 1. The van der Waals surface area contributed by atoms with E-state index in [2.05, 4.69) is 12.2 Å². The molecule has 138 valence electrons. The summed E-state index contributed by atoms with van der Waals surface area (Å²) in [7, 11) is 0. The minimum Gasteiger partial charge on any atom is -0.445 e. The van der Waals surface area contributed by atoms with Gasteiger partial charge in [0.25, 0.3) is 0 Å². The molecule has 1 aliphatic heterocycles. The van der Waals surface area contributed by atoms with Gasteiger partial charge in [-0.1, -0.05) is 37.3 Å². The molecule has 2 amide bonds. The van der Waals surface area contributed by atoms with Crippen molar-refractivity contribution in [3.05, 3.63) is 35.9 Å². The van der Waals surface area contributed by atoms with Crippen LogP contribution in [0, 0.1) is 5.92 Å². The van der Waals surface area contributed by atoms with Gasteiger partial charge >= 0.3 is 12.2 Å². The maximum atomic E-state index is 12.3. The first-order valence-corrected chi connectivity index (χ1v) is 8.70. The molecule has 0 bridgehead atoms. The molecule has 1 aliphatic rings. The number of ether oxygens (including phenoxy) is 2. The van der Waals surface area contributed by atoms with Crippen molar-refractivity contribution in [2.24, 2.45) is 5.92 Å². The van der Waals surface area contributed by atoms with E-state index in [-0.39, 0.29) is 24.7 Å². The highest BCUT2D eigenvalue weighted by molar-refractivity contribution is 5.69. The molecule has 1 fully saturated rings. The first-order valence-electron chi connectivity index (χ1n) is 8.70. The predicted molar refractivity (Wildman–Crippen MR) is 95.1 cm³/mol. The van der Waals surface area contributed by atoms with Crippen LogP contribution >= 0.6 is 0 Å². The number of carbonyl (C=O) groups excluding carboxylic acids is 2. The van der Waals surface area contributed by atoms with Gasteiger partial charge in [-0.2, -0.15) is 0 Å². The molecule has 1 N–H and O–H groups in total. The molecule has 1 aromatic rings. The van der Waals surface area contributed by atoms with Gasteiger partial charge in [0.15, 0.2) is 0 Å². The fourth-order valence-electron chi connectivity index (χ4n) is 2.69. The van der Waals surface area contributed by atoms with Crippen LogP contribution in [0.4, 0.5) is 9.59 Å². The number of rotatable bonds is 3. The molecule has 2 atom stereocenters. The predicted octanol–water partition coefficient (Wildman–Crippen LogP) is 3.56. The Morgan fingerprint density at radius 1 is 1.24 bits per heavy atom. The third kappa shape index (κ3) is 6.29. The van der Waals surface area contributed by atoms with E-state index in [1.807, 2.05) is 51.1 Å². The van der Waals surface area contributed by atoms with Crippen LogP contribution in [0.25, 0.3) is 0 Å². The summed E-state index contributed by atoms with van der Waals surface area (Å²) in [6.45, 7) is 8.83. The van der Waals surface area contributed by atoms with Gasteiger partial charge in [0.1, 0.15) is 12.2 Å². The highest BCUT2D eigenvalue weighted by Gasteiger charge is 2.31. The fourth-order valence-corrected chi connectivity index (χ4v) is 2.69. The van der Waals surface area contributed by atoms with Crippen molar-refractivity contribution in [2.75, 3.05) is 13.1 Å². The number of nitrogens with zero attached hydrogens (tertiary/aromatic N) is 1. The van der Waals surface area contributed by atoms with E-state index in [1.165, 1.54) is 0 Å². The number of nitrogens with one attached hydrogen (secondary N) is 1. The number of benzene rings is 1. The van der Waals surface area contributed by atoms with Crippen molar-refractivity contribution < 1.29 is 19.1 Å². The molecule has 0 aromatic heterocycles. The number of amides is 2. The Morgan fingerprint density at radius 2 is 1.92 bits per heavy atom. The molecule has 1 aromatic carbocycles. The zero-order valence-electron chi connectivity index (χ0n) is 15.5. The monoisotopic (exact) mass is 348 g/mol. The summed E-state index contributed by atoms with van der Waals surface area (Å²) < 4.78 is 10.7. The Labute approximate surface area is 149 Å². The Bertz CT molecular complexity index is 583. The number of likely N-dealkylation sites (tertiary alicyclic amines) is 1. The van der Waals surface area contributed by atoms with Crippen molar-refractivity contribution in [3.63, 3.8) is 0 Å². The van der Waals surface area contributed by atoms with Crippen LogP contribution in [-0.2, 0) is 16.1 Å². The highest BCUT2D eigenvalue weighted by Crippen LogP contribution is 2.19. The number of hydrogen-bond donors (Lipinski definition) is 1. The average Bonchev–Trinajstić information content (AvgIpc) is 2.54. The molecule has 6 nitrogen and oxygen atoms in total. The lowest BCUT2D eigenvalue weighted by molar-refractivity contribution is 0.0405. The van der Waals surface area contributed by atoms with Gasteiger partial charge in [-0.3, -0.25) is 0 Å². The summed E-state index contributed by atoms with van der Waals surface area (Å²) in [5.41, 5.74) is 0.403. The van der Waals surface area contributed by atoms with Gasteiger partial charge in [0, 0.05) is 13.1 Å². The summed E-state index contributed by atoms with van der Waals surface area (Å²) in [4.78, 5) is 25.9. The summed E-state index contributed by atoms with van der Waals surface area (Å²) >= 11 is 0. The van der Waals surface area contributed by atoms with Crippen LogP contribution in [0.1, 0.15) is 39.7 Å². The Balaban J connectivity index is 1.86. The molecular formula is C19H28N2O4. The zero-order chi connectivity index (χ0) is 18.4. The molecule has 6 heteroatoms. The summed E-state index contributed by atoms with van der Waals surface area (Å²) in [6, 6.07) is 9.42. The van der Waals surface area contributed by atoms with Crippen LogP contribution in [0.2, 0.25) is 0 Å². The summed E-state index contributed by atoms with van der Waals surface area (Å²) in [6.07, 6.45) is -0.00318. The van der Waals surface area contributed by atoms with Crippen molar-refractivity contribution >= 4 is 12.2 Å². The normalized spacial score (nSPS) is 20.7. The summed E-state index contributed by atoms with van der Waals surface area (Å²) in [5.74, 6) is 0.269. The van der Waals surface area contributed by atoms with E-state index in [1.54, 1.807) is 4.90 Å². The van der Waals surface area contributed by atoms with Gasteiger partial charge in [-0.25, -0.2) is 9.59 Å². The van der Waals surface area contributed by atoms with Gasteiger partial charge in [0.05, 0.1) is 6.04 Å². The van der Waals surface area contributed by atoms with Crippen molar-refractivity contribution in [1.29, 1.82) is 0 Å². The van der Waals surface area contributed by atoms with E-state index in [9.17, 15) is 9.59 Å². The number of hydrogen-bond acceptors (Lipinski definition) is 4. The number of carbonyl (C=O) groups is 2. The van der Waals surface area contributed by atoms with Crippen molar-refractivity contribution in [2.45, 2.75) is 52.4 Å². The van der Waals surface area contributed by atoms with E-state index in [0.717, 1.165) is 12.0 Å². The van der Waals surface area contributed by atoms with E-state index in [0.29, 0.717) is 13.1 Å². The maximum absolute atomic E-state index is 12.3. The van der Waals surface area contributed by atoms with Gasteiger partial charge in [0.2, 0.25) is 0 Å². The molecule has 0 unspecified atom stereocenters. The third-order valence-electron chi connectivity index (χ3n) is 4.12. The molecule has 2 rings (SSSR count). The first kappa shape index (κ1) is 19.1. The van der Waals surface area contributed by atoms with Gasteiger partial charge in [-0.15, -0.1) is 0 Å². The Morgan fingerprint density at radius 3 is 2.56 bits per heavy atom. The molecule has 1 saturated heterocycles. The largest absolute Gasteiger partial charge is 0.445 e. The second-order valence-corrected chi connectivity index (χ2v) is 7.50. The van der Waals surface area contributed by atoms with Crippen molar-refractivity contribution in [3.8, 4) is 0 Å². The zero-order valence-corrected chi connectivity index (χ0v) is 15.5. The van der Waals surface area contributed by atoms with Gasteiger partial charge in [-0.05, 0) is 38.7 Å². The fraction of sp³-hybridized carbons (Fsp3) is 0.579. The van der Waals surface area contributed by atoms with E-state index in [4.69, 9.17) is 9.47 Å². The topological polar surface area (TPSA) is 67.9 Å². The van der Waals surface area contributed by atoms with Crippen LogP contribution < -0.4 is 5.32 Å². The minimum atomic E-state index is -0.545. The lowest BCUT2D eigenvalue weighted by Gasteiger charge is -2.37. The highest BCUT2D eigenvalue weighted by atomic mass is 16.6. The second kappa shape index (κ2) is 8.23. The van der Waals surface area contributed by atoms with Gasteiger partial charge < -0.3 is 19.7 Å². The van der Waals surface area contributed by atoms with E-state index < -0.39 is 11.7 Å². The van der Waals surface area contributed by atoms with E-state index >= 15 is 0 Å². The molecular weight excluding hydrogens is 320 g/mol. The SMILES string of the molecule is C[C@H]1CCN(C(=O)OCc2ccccc2)C[C@@H]1NC(=O)OC(C)(C)C. The molecule has 0 aliphatic carbocycles. The third-order valence-corrected chi connectivity index (χ3v) is 4.12. The second-order valence-electron chi connectivity index (χ2n) is 7.50. The molecule has 0 spiro atoms. The van der Waals surface area contributed by atoms with Crippen LogP contribution in [0.3, 0.4) is 0 Å². The van der Waals surface area contributed by atoms with Crippen molar-refractivity contribution in [1.82, 2.24) is 10.2 Å². The number of alkyl carbamates (subject to hydrolysis) is 1. The first-order chi connectivity index (χ1) is 11.7. The quantitative estimate of drug-likeness (QED) is 0.907. The Hall–Kier alpha value is -2.24. The molecule has 0 saturated carbocycles. The Kier molecular flexibility index (Phi) is 6.28. The van der Waals surface area contributed by atoms with Crippen LogP contribution in [0.5, 0.6) is 0 Å². The van der Waals surface area contributed by atoms with Crippen LogP contribution in [-0.4, -0.2) is 41.8 Å². The minimum absolute atomic E-state index is 0.145. The van der Waals surface area contributed by atoms with Crippen LogP contribution in [0.15, 0.2) is 30.3 Å². The molecule has 1 heterocycles. The lowest BCUT2D eigenvalue weighted by atomic mass is 9.94. The standard InChI is InChI=1S/C19H28N2O4/c1-14-10-11-21(12-16(14)20-17(22)25-19(2,3)4)18(23)24-13-15-8-6-5-7-9-15/h5-9,14,16H,10-13H2,1-4H3,(H,20,22)/t14-,16-/m0/s1. The summed E-state index contributed by atoms with van der Waals surface area (Å²) in [5, 5.41) is 2.87. The molecule has 0 radical (unpaired) electrons. The molecule has 25 heavy (non-hydrogen) atoms. The smallest absolute Gasteiger partial charge is 0.410 e. The average molecular weight is 348 g/mol. The lowest BCUT2D eigenvalue weighted by Crippen LogP contribution is -2.54. The maximum Gasteiger partial charge on any atom is 0.410 e.